The number of anilines is 2. The monoisotopic (exact) mass is 288 g/mol. The Morgan fingerprint density at radius 3 is 2.57 bits per heavy atom. The van der Waals surface area contributed by atoms with Crippen LogP contribution in [0.5, 0.6) is 0 Å². The molecule has 1 heterocycles. The molecule has 0 spiro atoms. The minimum Gasteiger partial charge on any atom is -0.465 e. The van der Waals surface area contributed by atoms with Crippen LogP contribution in [0.15, 0.2) is 30.3 Å². The summed E-state index contributed by atoms with van der Waals surface area (Å²) in [5.41, 5.74) is 12.1. The van der Waals surface area contributed by atoms with Crippen LogP contribution in [0, 0.1) is 10.1 Å². The number of pyridine rings is 1. The lowest BCUT2D eigenvalue weighted by atomic mass is 10.0. The zero-order valence-electron chi connectivity index (χ0n) is 11.1. The second-order valence-corrected chi connectivity index (χ2v) is 4.15. The van der Waals surface area contributed by atoms with E-state index < -0.39 is 10.9 Å². The molecule has 2 aromatic rings. The summed E-state index contributed by atoms with van der Waals surface area (Å²) >= 11 is 0. The average molecular weight is 288 g/mol. The Morgan fingerprint density at radius 1 is 1.29 bits per heavy atom. The van der Waals surface area contributed by atoms with Crippen LogP contribution in [0.4, 0.5) is 17.2 Å². The molecule has 21 heavy (non-hydrogen) atoms. The third-order valence-electron chi connectivity index (χ3n) is 2.85. The maximum Gasteiger partial charge on any atom is 0.338 e. The highest BCUT2D eigenvalue weighted by atomic mass is 16.6. The van der Waals surface area contributed by atoms with E-state index in [9.17, 15) is 14.9 Å². The molecule has 0 fully saturated rings. The Hall–Kier alpha value is -3.16. The predicted molar refractivity (Wildman–Crippen MR) is 76.5 cm³/mol. The minimum atomic E-state index is -0.703. The molecule has 1 aromatic heterocycles. The zero-order chi connectivity index (χ0) is 15.6. The number of hydrogen-bond acceptors (Lipinski definition) is 7. The van der Waals surface area contributed by atoms with E-state index in [-0.39, 0.29) is 17.1 Å². The highest BCUT2D eigenvalue weighted by Gasteiger charge is 2.19. The molecule has 0 saturated carbocycles. The van der Waals surface area contributed by atoms with Crippen molar-refractivity contribution in [2.24, 2.45) is 0 Å². The number of methoxy groups -OCH3 is 1. The number of nitrogens with zero attached hydrogens (tertiary/aromatic N) is 2. The number of esters is 1. The van der Waals surface area contributed by atoms with Gasteiger partial charge in [-0.1, -0.05) is 0 Å². The topological polar surface area (TPSA) is 134 Å². The number of nitrogen functional groups attached to an aromatic ring is 2. The van der Waals surface area contributed by atoms with E-state index in [0.29, 0.717) is 16.9 Å². The number of carbonyl (C=O) groups excluding carboxylic acids is 1. The van der Waals surface area contributed by atoms with Crippen molar-refractivity contribution in [2.75, 3.05) is 18.6 Å². The first-order chi connectivity index (χ1) is 9.93. The number of ether oxygens (including phenoxy) is 1. The van der Waals surface area contributed by atoms with E-state index in [1.54, 1.807) is 12.1 Å². The quantitative estimate of drug-likeness (QED) is 0.497. The Morgan fingerprint density at radius 2 is 2.00 bits per heavy atom. The molecule has 0 unspecified atom stereocenters. The summed E-state index contributed by atoms with van der Waals surface area (Å²) < 4.78 is 4.64. The van der Waals surface area contributed by atoms with Gasteiger partial charge in [0, 0.05) is 17.7 Å². The van der Waals surface area contributed by atoms with E-state index >= 15 is 0 Å². The normalized spacial score (nSPS) is 10.1. The maximum absolute atomic E-state index is 11.8. The molecule has 0 atom stereocenters. The van der Waals surface area contributed by atoms with Gasteiger partial charge in [-0.05, 0) is 18.2 Å². The summed E-state index contributed by atoms with van der Waals surface area (Å²) in [5, 5.41) is 10.8. The maximum atomic E-state index is 11.8. The largest absolute Gasteiger partial charge is 0.465 e. The molecular formula is C13H12N4O4. The van der Waals surface area contributed by atoms with Crippen molar-refractivity contribution in [1.29, 1.82) is 0 Å². The molecule has 0 aliphatic heterocycles. The molecule has 2 rings (SSSR count). The Balaban J connectivity index is 2.64. The number of aromatic nitrogens is 1. The van der Waals surface area contributed by atoms with Crippen molar-refractivity contribution < 1.29 is 14.5 Å². The molecule has 0 aliphatic carbocycles. The molecule has 8 heteroatoms. The van der Waals surface area contributed by atoms with Gasteiger partial charge in [0.25, 0.3) is 5.69 Å². The van der Waals surface area contributed by atoms with Gasteiger partial charge < -0.3 is 16.2 Å². The van der Waals surface area contributed by atoms with E-state index in [2.05, 4.69) is 9.72 Å². The summed E-state index contributed by atoms with van der Waals surface area (Å²) in [6, 6.07) is 6.94. The summed E-state index contributed by atoms with van der Waals surface area (Å²) in [7, 11) is 1.19. The molecule has 4 N–H and O–H groups in total. The van der Waals surface area contributed by atoms with Crippen LogP contribution in [0.1, 0.15) is 10.4 Å². The minimum absolute atomic E-state index is 0.0309. The van der Waals surface area contributed by atoms with Crippen LogP contribution >= 0.6 is 0 Å². The van der Waals surface area contributed by atoms with Gasteiger partial charge in [0.1, 0.15) is 5.82 Å². The van der Waals surface area contributed by atoms with Crippen LogP contribution in [0.25, 0.3) is 11.3 Å². The molecule has 1 aromatic carbocycles. The number of hydrogen-bond donors (Lipinski definition) is 2. The van der Waals surface area contributed by atoms with Gasteiger partial charge >= 0.3 is 5.97 Å². The number of benzene rings is 1. The smallest absolute Gasteiger partial charge is 0.338 e. The summed E-state index contributed by atoms with van der Waals surface area (Å²) in [4.78, 5) is 26.1. The third kappa shape index (κ3) is 2.73. The highest BCUT2D eigenvalue weighted by molar-refractivity contribution is 5.97. The number of nitrogens with two attached hydrogens (primary N) is 2. The van der Waals surface area contributed by atoms with Crippen molar-refractivity contribution >= 4 is 23.2 Å². The Bertz CT molecular complexity index is 730. The lowest BCUT2D eigenvalue weighted by molar-refractivity contribution is -0.384. The first-order valence-electron chi connectivity index (χ1n) is 5.83. The highest BCUT2D eigenvalue weighted by Crippen LogP contribution is 2.28. The van der Waals surface area contributed by atoms with Gasteiger partial charge in [0.05, 0.1) is 29.0 Å². The molecule has 0 aliphatic rings. The van der Waals surface area contributed by atoms with E-state index in [1.165, 1.54) is 19.2 Å². The third-order valence-corrected chi connectivity index (χ3v) is 2.85. The van der Waals surface area contributed by atoms with Crippen LogP contribution in [0.3, 0.4) is 0 Å². The first-order valence-corrected chi connectivity index (χ1v) is 5.83. The fourth-order valence-corrected chi connectivity index (χ4v) is 1.78. The van der Waals surface area contributed by atoms with Crippen molar-refractivity contribution in [3.05, 3.63) is 46.0 Å². The number of nitro groups is 1. The van der Waals surface area contributed by atoms with Crippen molar-refractivity contribution in [3.63, 3.8) is 0 Å². The number of nitro benzene ring substituents is 1. The van der Waals surface area contributed by atoms with Crippen molar-refractivity contribution in [3.8, 4) is 11.3 Å². The van der Waals surface area contributed by atoms with Crippen LogP contribution in [0.2, 0.25) is 0 Å². The van der Waals surface area contributed by atoms with E-state index in [4.69, 9.17) is 11.5 Å². The Labute approximate surface area is 119 Å². The van der Waals surface area contributed by atoms with Gasteiger partial charge in [-0.15, -0.1) is 0 Å². The average Bonchev–Trinajstić information content (AvgIpc) is 2.48. The number of carbonyl (C=O) groups is 1. The Kier molecular flexibility index (Phi) is 3.70. The summed E-state index contributed by atoms with van der Waals surface area (Å²) in [6.07, 6.45) is 0. The van der Waals surface area contributed by atoms with Crippen LogP contribution in [-0.4, -0.2) is 23.0 Å². The standard InChI is InChI=1S/C13H12N4O4/c1-21-13(18)9-6-7(17(19)20)2-3-8(9)11-5-4-10(14)12(15)16-11/h2-6H,14H2,1H3,(H2,15,16). The zero-order valence-corrected chi connectivity index (χ0v) is 11.1. The van der Waals surface area contributed by atoms with Crippen LogP contribution in [-0.2, 0) is 4.74 Å². The van der Waals surface area contributed by atoms with Crippen molar-refractivity contribution in [1.82, 2.24) is 4.98 Å². The molecule has 0 bridgehead atoms. The van der Waals surface area contributed by atoms with Crippen LogP contribution < -0.4 is 11.5 Å². The van der Waals surface area contributed by atoms with Gasteiger partial charge in [0.15, 0.2) is 0 Å². The lowest BCUT2D eigenvalue weighted by Crippen LogP contribution is -2.06. The summed E-state index contributed by atoms with van der Waals surface area (Å²) in [6.45, 7) is 0. The van der Waals surface area contributed by atoms with E-state index in [1.807, 2.05) is 0 Å². The molecule has 108 valence electrons. The van der Waals surface area contributed by atoms with Gasteiger partial charge in [-0.25, -0.2) is 9.78 Å². The number of rotatable bonds is 3. The van der Waals surface area contributed by atoms with Gasteiger partial charge in [-0.3, -0.25) is 10.1 Å². The van der Waals surface area contributed by atoms with Gasteiger partial charge in [0.2, 0.25) is 0 Å². The first kappa shape index (κ1) is 14.3. The predicted octanol–water partition coefficient (Wildman–Crippen LogP) is 1.61. The molecule has 0 radical (unpaired) electrons. The molecule has 0 amide bonds. The fourth-order valence-electron chi connectivity index (χ4n) is 1.78. The molecular weight excluding hydrogens is 276 g/mol. The fraction of sp³-hybridized carbons (Fsp3) is 0.0769. The van der Waals surface area contributed by atoms with E-state index in [0.717, 1.165) is 6.07 Å². The number of non-ortho nitro benzene ring substituents is 1. The summed E-state index contributed by atoms with van der Waals surface area (Å²) in [5.74, 6) is -0.590. The van der Waals surface area contributed by atoms with Crippen molar-refractivity contribution in [2.45, 2.75) is 0 Å². The van der Waals surface area contributed by atoms with Gasteiger partial charge in [-0.2, -0.15) is 0 Å². The molecule has 0 saturated heterocycles. The lowest BCUT2D eigenvalue weighted by Gasteiger charge is -2.09. The second-order valence-electron chi connectivity index (χ2n) is 4.15. The SMILES string of the molecule is COC(=O)c1cc([N+](=O)[O-])ccc1-c1ccc(N)c(N)n1. The molecule has 8 nitrogen and oxygen atoms in total. The second kappa shape index (κ2) is 5.45.